The van der Waals surface area contributed by atoms with Crippen LogP contribution in [0.3, 0.4) is 0 Å². The third-order valence-electron chi connectivity index (χ3n) is 1.60. The first-order valence-electron chi connectivity index (χ1n) is 2.86. The molecule has 0 bridgehead atoms. The topological polar surface area (TPSA) is 60.9 Å². The van der Waals surface area contributed by atoms with Gasteiger partial charge in [0.05, 0.1) is 0 Å². The molecule has 1 aliphatic heterocycles. The lowest BCUT2D eigenvalue weighted by molar-refractivity contribution is -0.138. The monoisotopic (exact) mass is 222 g/mol. The van der Waals surface area contributed by atoms with Gasteiger partial charge >= 0.3 is 6.03 Å². The Balaban J connectivity index is 3.06. The number of hydrogen-bond donors (Lipinski definition) is 1. The first-order valence-corrected chi connectivity index (χ1v) is 3.65. The Morgan fingerprint density at radius 2 is 1.91 bits per heavy atom. The fraction of sp³-hybridized carbons (Fsp3) is 0.600. The minimum absolute atomic E-state index is 0.533. The third kappa shape index (κ3) is 0.935. The van der Waals surface area contributed by atoms with E-state index in [0.29, 0.717) is 0 Å². The van der Waals surface area contributed by atoms with Gasteiger partial charge in [-0.05, 0) is 15.9 Å². The molecule has 0 aromatic heterocycles. The van der Waals surface area contributed by atoms with Crippen LogP contribution in [0.2, 0.25) is 0 Å². The molecule has 0 aromatic carbocycles. The lowest BCUT2D eigenvalue weighted by Crippen LogP contribution is -2.41. The summed E-state index contributed by atoms with van der Waals surface area (Å²) in [6, 6.07) is -0.533. The largest absolute Gasteiger partial charge is 0.354 e. The van der Waals surface area contributed by atoms with E-state index in [1.807, 2.05) is 0 Å². The predicted molar refractivity (Wildman–Crippen MR) is 39.8 cm³/mol. The number of nitrogens with zero attached hydrogens (tertiary/aromatic N) is 2. The SMILES string of the molecule is CN1C(=O)N(C)C(O)(Br)C1=O. The van der Waals surface area contributed by atoms with Gasteiger partial charge in [0.15, 0.2) is 0 Å². The minimum atomic E-state index is -1.86. The number of halogens is 1. The van der Waals surface area contributed by atoms with Crippen molar-refractivity contribution in [2.75, 3.05) is 14.1 Å². The molecule has 1 unspecified atom stereocenters. The minimum Gasteiger partial charge on any atom is -0.354 e. The van der Waals surface area contributed by atoms with Crippen molar-refractivity contribution in [3.8, 4) is 0 Å². The quantitative estimate of drug-likeness (QED) is 0.343. The summed E-state index contributed by atoms with van der Waals surface area (Å²) in [4.78, 5) is 23.7. The molecule has 6 heteroatoms. The maximum Gasteiger partial charge on any atom is 0.329 e. The molecule has 0 saturated carbocycles. The number of carbonyl (C=O) groups excluding carboxylic acids is 2. The highest BCUT2D eigenvalue weighted by molar-refractivity contribution is 9.10. The van der Waals surface area contributed by atoms with Gasteiger partial charge in [-0.2, -0.15) is 0 Å². The number of hydrogen-bond acceptors (Lipinski definition) is 3. The number of alkyl halides is 1. The molecule has 5 nitrogen and oxygen atoms in total. The van der Waals surface area contributed by atoms with Gasteiger partial charge in [-0.3, -0.25) is 14.6 Å². The highest BCUT2D eigenvalue weighted by atomic mass is 79.9. The van der Waals surface area contributed by atoms with Crippen molar-refractivity contribution < 1.29 is 14.7 Å². The maximum atomic E-state index is 11.0. The molecule has 0 spiro atoms. The fourth-order valence-corrected chi connectivity index (χ4v) is 1.21. The highest BCUT2D eigenvalue weighted by Gasteiger charge is 2.51. The van der Waals surface area contributed by atoms with Crippen molar-refractivity contribution in [1.82, 2.24) is 9.80 Å². The number of rotatable bonds is 0. The van der Waals surface area contributed by atoms with Crippen molar-refractivity contribution in [2.45, 2.75) is 4.63 Å². The van der Waals surface area contributed by atoms with E-state index in [4.69, 9.17) is 0 Å². The van der Waals surface area contributed by atoms with Crippen molar-refractivity contribution >= 4 is 27.9 Å². The standard InChI is InChI=1S/C5H7BrN2O3/c1-7-3(9)5(6,11)8(2)4(7)10/h11H,1-2H3. The lowest BCUT2D eigenvalue weighted by atomic mass is 10.5. The van der Waals surface area contributed by atoms with Gasteiger partial charge in [0.25, 0.3) is 10.5 Å². The van der Waals surface area contributed by atoms with E-state index in [1.54, 1.807) is 0 Å². The molecule has 11 heavy (non-hydrogen) atoms. The summed E-state index contributed by atoms with van der Waals surface area (Å²) in [6.07, 6.45) is 0. The number of amides is 3. The molecule has 1 rings (SSSR count). The number of aliphatic hydroxyl groups is 1. The fourth-order valence-electron chi connectivity index (χ4n) is 0.795. The van der Waals surface area contributed by atoms with Crippen LogP contribution in [0.25, 0.3) is 0 Å². The van der Waals surface area contributed by atoms with Gasteiger partial charge in [0.1, 0.15) is 0 Å². The van der Waals surface area contributed by atoms with E-state index >= 15 is 0 Å². The van der Waals surface area contributed by atoms with Crippen molar-refractivity contribution in [1.29, 1.82) is 0 Å². The average Bonchev–Trinajstić information content (AvgIpc) is 2.06. The summed E-state index contributed by atoms with van der Waals surface area (Å²) in [6.45, 7) is 0. The Kier molecular flexibility index (Phi) is 1.68. The molecule has 1 atom stereocenters. The van der Waals surface area contributed by atoms with Crippen LogP contribution in [-0.4, -0.2) is 45.6 Å². The number of imide groups is 1. The number of likely N-dealkylation sites (N-methyl/N-ethyl adjacent to an activating group) is 2. The van der Waals surface area contributed by atoms with E-state index in [0.717, 1.165) is 9.80 Å². The average molecular weight is 223 g/mol. The van der Waals surface area contributed by atoms with Gasteiger partial charge in [0.2, 0.25) is 0 Å². The zero-order chi connectivity index (χ0) is 8.81. The smallest absolute Gasteiger partial charge is 0.329 e. The Hall–Kier alpha value is -0.620. The second-order valence-corrected chi connectivity index (χ2v) is 3.40. The summed E-state index contributed by atoms with van der Waals surface area (Å²) in [5, 5.41) is 9.30. The van der Waals surface area contributed by atoms with Gasteiger partial charge < -0.3 is 5.11 Å². The third-order valence-corrected chi connectivity index (χ3v) is 2.47. The molecule has 3 amide bonds. The van der Waals surface area contributed by atoms with Crippen LogP contribution in [-0.2, 0) is 4.79 Å². The summed E-state index contributed by atoms with van der Waals surface area (Å²) in [5.74, 6) is -0.676. The zero-order valence-corrected chi connectivity index (χ0v) is 7.62. The van der Waals surface area contributed by atoms with E-state index in [9.17, 15) is 14.7 Å². The summed E-state index contributed by atoms with van der Waals surface area (Å²) < 4.78 is -1.86. The van der Waals surface area contributed by atoms with E-state index in [-0.39, 0.29) is 0 Å². The van der Waals surface area contributed by atoms with Crippen molar-refractivity contribution in [3.05, 3.63) is 0 Å². The van der Waals surface area contributed by atoms with Gasteiger partial charge in [0, 0.05) is 14.1 Å². The maximum absolute atomic E-state index is 11.0. The van der Waals surface area contributed by atoms with Crippen LogP contribution in [0.4, 0.5) is 4.79 Å². The Morgan fingerprint density at radius 3 is 2.00 bits per heavy atom. The van der Waals surface area contributed by atoms with E-state index in [2.05, 4.69) is 15.9 Å². The number of carbonyl (C=O) groups is 2. The summed E-state index contributed by atoms with van der Waals surface area (Å²) >= 11 is 2.72. The van der Waals surface area contributed by atoms with Crippen molar-refractivity contribution in [3.63, 3.8) is 0 Å². The second-order valence-electron chi connectivity index (χ2n) is 2.29. The van der Waals surface area contributed by atoms with Crippen LogP contribution in [0.5, 0.6) is 0 Å². The zero-order valence-electron chi connectivity index (χ0n) is 6.04. The van der Waals surface area contributed by atoms with Crippen LogP contribution in [0.1, 0.15) is 0 Å². The molecule has 0 radical (unpaired) electrons. The Labute approximate surface area is 71.7 Å². The first kappa shape index (κ1) is 8.48. The molecular weight excluding hydrogens is 216 g/mol. The molecule has 0 aliphatic carbocycles. The van der Waals surface area contributed by atoms with Crippen LogP contribution >= 0.6 is 15.9 Å². The van der Waals surface area contributed by atoms with Gasteiger partial charge in [-0.1, -0.05) is 0 Å². The van der Waals surface area contributed by atoms with Gasteiger partial charge in [-0.15, -0.1) is 0 Å². The van der Waals surface area contributed by atoms with Crippen LogP contribution in [0, 0.1) is 0 Å². The van der Waals surface area contributed by atoms with Crippen LogP contribution in [0.15, 0.2) is 0 Å². The number of urea groups is 1. The summed E-state index contributed by atoms with van der Waals surface area (Å²) in [7, 11) is 2.64. The Morgan fingerprint density at radius 1 is 1.45 bits per heavy atom. The second kappa shape index (κ2) is 2.18. The van der Waals surface area contributed by atoms with E-state index < -0.39 is 16.6 Å². The molecule has 1 fully saturated rings. The molecule has 1 heterocycles. The first-order chi connectivity index (χ1) is 4.89. The Bertz CT molecular complexity index is 228. The normalized spacial score (nSPS) is 32.0. The molecule has 0 aromatic rings. The molecule has 1 aliphatic rings. The molecule has 1 N–H and O–H groups in total. The predicted octanol–water partition coefficient (Wildman–Crippen LogP) is -0.449. The van der Waals surface area contributed by atoms with Gasteiger partial charge in [-0.25, -0.2) is 4.79 Å². The lowest BCUT2D eigenvalue weighted by Gasteiger charge is -2.18. The molecule has 62 valence electrons. The van der Waals surface area contributed by atoms with E-state index in [1.165, 1.54) is 14.1 Å². The molecular formula is C5H7BrN2O3. The summed E-state index contributed by atoms with van der Waals surface area (Å²) in [5.41, 5.74) is 0. The molecule has 1 saturated heterocycles. The van der Waals surface area contributed by atoms with Crippen molar-refractivity contribution in [2.24, 2.45) is 0 Å². The van der Waals surface area contributed by atoms with Crippen LogP contribution < -0.4 is 0 Å². The highest BCUT2D eigenvalue weighted by Crippen LogP contribution is 2.28.